The Morgan fingerprint density at radius 1 is 1.04 bits per heavy atom. The lowest BCUT2D eigenvalue weighted by atomic mass is 10.1. The van der Waals surface area contributed by atoms with Crippen LogP contribution < -0.4 is 5.43 Å². The number of sulfone groups is 1. The number of hydrazone groups is 1. The Hall–Kier alpha value is -1.85. The van der Waals surface area contributed by atoms with Gasteiger partial charge in [0.15, 0.2) is 15.0 Å². The van der Waals surface area contributed by atoms with Gasteiger partial charge in [-0.25, -0.2) is 8.42 Å². The third kappa shape index (κ3) is 5.69. The number of benzene rings is 2. The zero-order valence-corrected chi connectivity index (χ0v) is 15.0. The molecule has 0 aliphatic heterocycles. The Kier molecular flexibility index (Phi) is 7.78. The minimum absolute atomic E-state index is 0.233. The number of halogens is 1. The maximum Gasteiger partial charge on any atom is 0.197 e. The van der Waals surface area contributed by atoms with E-state index < -0.39 is 9.84 Å². The molecular formula is C17H21ClN2O2S. The molecule has 23 heavy (non-hydrogen) atoms. The average Bonchev–Trinajstić information content (AvgIpc) is 2.57. The van der Waals surface area contributed by atoms with E-state index in [1.54, 1.807) is 30.3 Å². The molecule has 2 aromatic carbocycles. The molecule has 0 unspecified atom stereocenters. The van der Waals surface area contributed by atoms with Crippen molar-refractivity contribution in [1.82, 2.24) is 5.43 Å². The molecular weight excluding hydrogens is 332 g/mol. The summed E-state index contributed by atoms with van der Waals surface area (Å²) < 4.78 is 24.1. The molecule has 124 valence electrons. The van der Waals surface area contributed by atoms with Crippen LogP contribution in [0.4, 0.5) is 0 Å². The second kappa shape index (κ2) is 9.33. The summed E-state index contributed by atoms with van der Waals surface area (Å²) in [5.41, 5.74) is 4.26. The SMILES string of the molecule is CC.Cc1ccccc1/C(Cl)=N\NCS(=O)(=O)c1ccccc1. The van der Waals surface area contributed by atoms with E-state index in [4.69, 9.17) is 11.6 Å². The van der Waals surface area contributed by atoms with E-state index in [-0.39, 0.29) is 15.9 Å². The van der Waals surface area contributed by atoms with Crippen molar-refractivity contribution < 1.29 is 8.42 Å². The molecule has 2 aromatic rings. The summed E-state index contributed by atoms with van der Waals surface area (Å²) in [7, 11) is -3.43. The van der Waals surface area contributed by atoms with Gasteiger partial charge in [0.25, 0.3) is 0 Å². The van der Waals surface area contributed by atoms with Gasteiger partial charge in [-0.15, -0.1) is 0 Å². The lowest BCUT2D eigenvalue weighted by Crippen LogP contribution is -2.19. The van der Waals surface area contributed by atoms with Crippen molar-refractivity contribution in [1.29, 1.82) is 0 Å². The molecule has 0 radical (unpaired) electrons. The molecule has 0 atom stereocenters. The van der Waals surface area contributed by atoms with Crippen LogP contribution in [-0.4, -0.2) is 19.5 Å². The lowest BCUT2D eigenvalue weighted by Gasteiger charge is -2.06. The molecule has 0 heterocycles. The van der Waals surface area contributed by atoms with Crippen LogP contribution in [-0.2, 0) is 9.84 Å². The average molecular weight is 353 g/mol. The van der Waals surface area contributed by atoms with Crippen molar-refractivity contribution >= 4 is 26.6 Å². The van der Waals surface area contributed by atoms with Crippen LogP contribution in [0.25, 0.3) is 0 Å². The van der Waals surface area contributed by atoms with E-state index in [0.717, 1.165) is 11.1 Å². The lowest BCUT2D eigenvalue weighted by molar-refractivity contribution is 0.589. The predicted octanol–water partition coefficient (Wildman–Crippen LogP) is 3.94. The van der Waals surface area contributed by atoms with Crippen molar-refractivity contribution in [2.75, 3.05) is 5.88 Å². The topological polar surface area (TPSA) is 58.5 Å². The fourth-order valence-corrected chi connectivity index (χ4v) is 3.01. The quantitative estimate of drug-likeness (QED) is 0.655. The molecule has 0 saturated heterocycles. The van der Waals surface area contributed by atoms with Gasteiger partial charge in [-0.2, -0.15) is 5.10 Å². The van der Waals surface area contributed by atoms with E-state index in [0.29, 0.717) is 0 Å². The molecule has 0 bridgehead atoms. The summed E-state index contributed by atoms with van der Waals surface area (Å²) in [5.74, 6) is -0.306. The highest BCUT2D eigenvalue weighted by Gasteiger charge is 2.13. The monoisotopic (exact) mass is 352 g/mol. The van der Waals surface area contributed by atoms with Crippen LogP contribution in [0, 0.1) is 6.92 Å². The van der Waals surface area contributed by atoms with Crippen molar-refractivity contribution in [3.63, 3.8) is 0 Å². The summed E-state index contributed by atoms with van der Waals surface area (Å²) in [6.45, 7) is 5.91. The molecule has 0 aliphatic rings. The second-order valence-electron chi connectivity index (χ2n) is 4.45. The number of nitrogens with one attached hydrogen (secondary N) is 1. The van der Waals surface area contributed by atoms with Crippen molar-refractivity contribution in [3.05, 3.63) is 65.7 Å². The maximum absolute atomic E-state index is 12.0. The molecule has 6 heteroatoms. The third-order valence-electron chi connectivity index (χ3n) is 2.90. The van der Waals surface area contributed by atoms with Gasteiger partial charge in [0, 0.05) is 5.56 Å². The first-order valence-corrected chi connectivity index (χ1v) is 9.33. The molecule has 0 fully saturated rings. The van der Waals surface area contributed by atoms with Crippen LogP contribution in [0.1, 0.15) is 25.0 Å². The maximum atomic E-state index is 12.0. The van der Waals surface area contributed by atoms with Crippen LogP contribution in [0.2, 0.25) is 0 Å². The molecule has 1 N–H and O–H groups in total. The molecule has 2 rings (SSSR count). The zero-order chi connectivity index (χ0) is 17.3. The number of rotatable bonds is 5. The van der Waals surface area contributed by atoms with Gasteiger partial charge in [-0.3, -0.25) is 5.43 Å². The van der Waals surface area contributed by atoms with E-state index in [2.05, 4.69) is 10.5 Å². The molecule has 4 nitrogen and oxygen atoms in total. The largest absolute Gasteiger partial charge is 0.293 e. The van der Waals surface area contributed by atoms with E-state index in [1.807, 2.05) is 45.0 Å². The summed E-state index contributed by atoms with van der Waals surface area (Å²) in [6.07, 6.45) is 0. The van der Waals surface area contributed by atoms with Gasteiger partial charge >= 0.3 is 0 Å². The molecule has 0 saturated carbocycles. The first-order valence-electron chi connectivity index (χ1n) is 7.30. The predicted molar refractivity (Wildman–Crippen MR) is 96.5 cm³/mol. The summed E-state index contributed by atoms with van der Waals surface area (Å²) >= 11 is 6.08. The Bertz CT molecular complexity index is 744. The molecule has 0 aromatic heterocycles. The van der Waals surface area contributed by atoms with Crippen LogP contribution in [0.3, 0.4) is 0 Å². The van der Waals surface area contributed by atoms with Gasteiger partial charge in [0.05, 0.1) is 4.90 Å². The Morgan fingerprint density at radius 2 is 1.61 bits per heavy atom. The van der Waals surface area contributed by atoms with Crippen molar-refractivity contribution in [2.24, 2.45) is 5.10 Å². The minimum Gasteiger partial charge on any atom is -0.293 e. The highest BCUT2D eigenvalue weighted by molar-refractivity contribution is 7.91. The smallest absolute Gasteiger partial charge is 0.197 e. The van der Waals surface area contributed by atoms with E-state index in [1.165, 1.54) is 0 Å². The standard InChI is InChI=1S/C15H15ClN2O2S.C2H6/c1-12-7-5-6-10-14(12)15(16)18-17-11-21(19,20)13-8-3-2-4-9-13;1-2/h2-10,17H,11H2,1H3;1-2H3/b18-15+;. The van der Waals surface area contributed by atoms with Crippen molar-refractivity contribution in [3.8, 4) is 0 Å². The third-order valence-corrected chi connectivity index (χ3v) is 4.69. The van der Waals surface area contributed by atoms with Crippen LogP contribution in [0.5, 0.6) is 0 Å². The first kappa shape index (κ1) is 19.2. The highest BCUT2D eigenvalue weighted by Crippen LogP contribution is 2.11. The number of hydrogen-bond donors (Lipinski definition) is 1. The number of nitrogens with zero attached hydrogens (tertiary/aromatic N) is 1. The highest BCUT2D eigenvalue weighted by atomic mass is 35.5. The molecule has 0 spiro atoms. The Balaban J connectivity index is 0.00000127. The van der Waals surface area contributed by atoms with E-state index in [9.17, 15) is 8.42 Å². The molecule has 0 amide bonds. The fourth-order valence-electron chi connectivity index (χ4n) is 1.76. The summed E-state index contributed by atoms with van der Waals surface area (Å²) in [6, 6.07) is 15.7. The first-order chi connectivity index (χ1) is 11.0. The fraction of sp³-hybridized carbons (Fsp3) is 0.235. The van der Waals surface area contributed by atoms with E-state index >= 15 is 0 Å². The van der Waals surface area contributed by atoms with Gasteiger partial charge in [-0.1, -0.05) is 67.9 Å². The minimum atomic E-state index is -3.43. The Morgan fingerprint density at radius 3 is 2.22 bits per heavy atom. The van der Waals surface area contributed by atoms with Gasteiger partial charge in [0.1, 0.15) is 5.88 Å². The van der Waals surface area contributed by atoms with Gasteiger partial charge in [-0.05, 0) is 24.6 Å². The summed E-state index contributed by atoms with van der Waals surface area (Å²) in [4.78, 5) is 0.250. The van der Waals surface area contributed by atoms with Crippen LogP contribution in [0.15, 0.2) is 64.6 Å². The second-order valence-corrected chi connectivity index (χ2v) is 6.80. The zero-order valence-electron chi connectivity index (χ0n) is 13.5. The number of hydrogen-bond acceptors (Lipinski definition) is 4. The number of aryl methyl sites for hydroxylation is 1. The van der Waals surface area contributed by atoms with Gasteiger partial charge in [0.2, 0.25) is 0 Å². The van der Waals surface area contributed by atoms with Crippen molar-refractivity contribution in [2.45, 2.75) is 25.7 Å². The van der Waals surface area contributed by atoms with Gasteiger partial charge < -0.3 is 0 Å². The van der Waals surface area contributed by atoms with Crippen LogP contribution >= 0.6 is 11.6 Å². The normalized spacial score (nSPS) is 11.4. The summed E-state index contributed by atoms with van der Waals surface area (Å²) in [5, 5.41) is 4.15. The Labute approximate surface area is 143 Å². The molecule has 0 aliphatic carbocycles.